The molecule has 0 saturated heterocycles. The third kappa shape index (κ3) is 4.48. The monoisotopic (exact) mass is 286 g/mol. The molecule has 0 amide bonds. The summed E-state index contributed by atoms with van der Waals surface area (Å²) < 4.78 is 0. The number of hydrogen-bond acceptors (Lipinski definition) is 4. The molecule has 3 N–H and O–H groups in total. The molecule has 0 unspecified atom stereocenters. The van der Waals surface area contributed by atoms with E-state index in [-0.39, 0.29) is 11.5 Å². The van der Waals surface area contributed by atoms with Crippen molar-refractivity contribution in [2.24, 2.45) is 0 Å². The minimum absolute atomic E-state index is 0.0765. The average molecular weight is 286 g/mol. The Morgan fingerprint density at radius 3 is 2.24 bits per heavy atom. The van der Waals surface area contributed by atoms with Crippen LogP contribution < -0.4 is 5.32 Å². The summed E-state index contributed by atoms with van der Waals surface area (Å²) >= 11 is 0. The van der Waals surface area contributed by atoms with Gasteiger partial charge in [-0.05, 0) is 31.3 Å². The Morgan fingerprint density at radius 2 is 1.57 bits per heavy atom. The predicted molar refractivity (Wildman–Crippen MR) is 84.1 cm³/mol. The van der Waals surface area contributed by atoms with Gasteiger partial charge in [-0.3, -0.25) is 0 Å². The molecule has 0 aliphatic heterocycles. The molecule has 0 bridgehead atoms. The Balaban J connectivity index is 1.97. The highest BCUT2D eigenvalue weighted by molar-refractivity contribution is 5.38. The number of benzene rings is 2. The van der Waals surface area contributed by atoms with Crippen LogP contribution in [0.2, 0.25) is 0 Å². The fourth-order valence-electron chi connectivity index (χ4n) is 2.26. The van der Waals surface area contributed by atoms with Gasteiger partial charge in [-0.25, -0.2) is 0 Å². The smallest absolute Gasteiger partial charge is 0.123 e. The molecule has 0 fully saturated rings. The van der Waals surface area contributed by atoms with Gasteiger partial charge in [-0.1, -0.05) is 30.3 Å². The van der Waals surface area contributed by atoms with Crippen molar-refractivity contribution in [2.75, 3.05) is 14.1 Å². The van der Waals surface area contributed by atoms with Crippen LogP contribution in [-0.2, 0) is 19.6 Å². The second-order valence-electron chi connectivity index (χ2n) is 5.42. The molecule has 2 aromatic rings. The van der Waals surface area contributed by atoms with Gasteiger partial charge < -0.3 is 20.4 Å². The first kappa shape index (κ1) is 15.4. The Labute approximate surface area is 125 Å². The van der Waals surface area contributed by atoms with Crippen LogP contribution >= 0.6 is 0 Å². The summed E-state index contributed by atoms with van der Waals surface area (Å²) in [6.07, 6.45) is 0. The van der Waals surface area contributed by atoms with Gasteiger partial charge in [0.1, 0.15) is 11.5 Å². The first-order valence-corrected chi connectivity index (χ1v) is 6.99. The van der Waals surface area contributed by atoms with Crippen LogP contribution in [0.15, 0.2) is 42.5 Å². The van der Waals surface area contributed by atoms with Crippen molar-refractivity contribution >= 4 is 0 Å². The standard InChI is InChI=1S/C17H22N2O2/c1-19(2)12-15-6-4-3-5-13(15)10-18-11-14-7-8-16(20)9-17(14)21/h3-9,18,20-21H,10-12H2,1-2H3. The van der Waals surface area contributed by atoms with E-state index in [1.165, 1.54) is 17.2 Å². The maximum Gasteiger partial charge on any atom is 0.123 e. The van der Waals surface area contributed by atoms with E-state index in [1.807, 2.05) is 12.1 Å². The van der Waals surface area contributed by atoms with Gasteiger partial charge in [-0.2, -0.15) is 0 Å². The Hall–Kier alpha value is -2.04. The minimum Gasteiger partial charge on any atom is -0.508 e. The molecule has 21 heavy (non-hydrogen) atoms. The van der Waals surface area contributed by atoms with Crippen LogP contribution in [0.4, 0.5) is 0 Å². The number of phenolic OH excluding ortho intramolecular Hbond substituents is 2. The van der Waals surface area contributed by atoms with E-state index in [9.17, 15) is 10.2 Å². The molecule has 0 aromatic heterocycles. The SMILES string of the molecule is CN(C)Cc1ccccc1CNCc1ccc(O)cc1O. The zero-order chi connectivity index (χ0) is 15.2. The average Bonchev–Trinajstić information content (AvgIpc) is 2.42. The van der Waals surface area contributed by atoms with Crippen molar-refractivity contribution in [3.05, 3.63) is 59.2 Å². The number of phenols is 2. The summed E-state index contributed by atoms with van der Waals surface area (Å²) in [6, 6.07) is 13.0. The lowest BCUT2D eigenvalue weighted by Crippen LogP contribution is -2.17. The largest absolute Gasteiger partial charge is 0.508 e. The molecule has 0 saturated carbocycles. The molecule has 2 aromatic carbocycles. The van der Waals surface area contributed by atoms with Gasteiger partial charge in [0.25, 0.3) is 0 Å². The molecule has 4 heteroatoms. The van der Waals surface area contributed by atoms with Crippen molar-refractivity contribution in [1.29, 1.82) is 0 Å². The van der Waals surface area contributed by atoms with E-state index >= 15 is 0 Å². The summed E-state index contributed by atoms with van der Waals surface area (Å²) in [5.41, 5.74) is 3.33. The van der Waals surface area contributed by atoms with Gasteiger partial charge in [0.2, 0.25) is 0 Å². The van der Waals surface area contributed by atoms with Crippen LogP contribution in [0.1, 0.15) is 16.7 Å². The van der Waals surface area contributed by atoms with Gasteiger partial charge in [0.15, 0.2) is 0 Å². The second kappa shape index (κ2) is 7.11. The van der Waals surface area contributed by atoms with Crippen molar-refractivity contribution in [3.8, 4) is 11.5 Å². The molecular weight excluding hydrogens is 264 g/mol. The molecule has 0 atom stereocenters. The minimum atomic E-state index is 0.0765. The first-order valence-electron chi connectivity index (χ1n) is 6.99. The Kier molecular flexibility index (Phi) is 5.20. The normalized spacial score (nSPS) is 11.0. The first-order chi connectivity index (χ1) is 10.1. The summed E-state index contributed by atoms with van der Waals surface area (Å²) in [4.78, 5) is 2.14. The summed E-state index contributed by atoms with van der Waals surface area (Å²) in [6.45, 7) is 2.20. The fourth-order valence-corrected chi connectivity index (χ4v) is 2.26. The second-order valence-corrected chi connectivity index (χ2v) is 5.42. The van der Waals surface area contributed by atoms with E-state index < -0.39 is 0 Å². The summed E-state index contributed by atoms with van der Waals surface area (Å²) in [7, 11) is 4.11. The third-order valence-corrected chi connectivity index (χ3v) is 3.30. The highest BCUT2D eigenvalue weighted by Crippen LogP contribution is 2.22. The predicted octanol–water partition coefficient (Wildman–Crippen LogP) is 2.45. The van der Waals surface area contributed by atoms with Crippen LogP contribution in [0, 0.1) is 0 Å². The van der Waals surface area contributed by atoms with Crippen LogP contribution in [0.5, 0.6) is 11.5 Å². The molecular formula is C17H22N2O2. The Morgan fingerprint density at radius 1 is 0.905 bits per heavy atom. The molecule has 0 heterocycles. The van der Waals surface area contributed by atoms with Crippen LogP contribution in [0.25, 0.3) is 0 Å². The van der Waals surface area contributed by atoms with Gasteiger partial charge in [-0.15, -0.1) is 0 Å². The zero-order valence-electron chi connectivity index (χ0n) is 12.5. The highest BCUT2D eigenvalue weighted by Gasteiger charge is 2.05. The summed E-state index contributed by atoms with van der Waals surface area (Å²) in [5.74, 6) is 0.191. The van der Waals surface area contributed by atoms with Gasteiger partial charge in [0.05, 0.1) is 0 Å². The molecule has 2 rings (SSSR count). The Bertz CT molecular complexity index is 597. The van der Waals surface area contributed by atoms with E-state index in [0.717, 1.165) is 18.7 Å². The molecule has 0 radical (unpaired) electrons. The topological polar surface area (TPSA) is 55.7 Å². The maximum atomic E-state index is 9.76. The van der Waals surface area contributed by atoms with Crippen molar-refractivity contribution in [3.63, 3.8) is 0 Å². The number of nitrogens with one attached hydrogen (secondary N) is 1. The molecule has 112 valence electrons. The zero-order valence-corrected chi connectivity index (χ0v) is 12.5. The molecule has 0 spiro atoms. The van der Waals surface area contributed by atoms with Crippen LogP contribution in [0.3, 0.4) is 0 Å². The number of hydrogen-bond donors (Lipinski definition) is 3. The molecule has 4 nitrogen and oxygen atoms in total. The number of aromatic hydroxyl groups is 2. The van der Waals surface area contributed by atoms with Gasteiger partial charge >= 0.3 is 0 Å². The van der Waals surface area contributed by atoms with Crippen molar-refractivity contribution in [1.82, 2.24) is 10.2 Å². The molecule has 0 aliphatic carbocycles. The lowest BCUT2D eigenvalue weighted by Gasteiger charge is -2.15. The van der Waals surface area contributed by atoms with E-state index in [0.29, 0.717) is 6.54 Å². The van der Waals surface area contributed by atoms with Crippen molar-refractivity contribution < 1.29 is 10.2 Å². The lowest BCUT2D eigenvalue weighted by atomic mass is 10.1. The lowest BCUT2D eigenvalue weighted by molar-refractivity contribution is 0.400. The van der Waals surface area contributed by atoms with Crippen molar-refractivity contribution in [2.45, 2.75) is 19.6 Å². The number of nitrogens with zero attached hydrogens (tertiary/aromatic N) is 1. The van der Waals surface area contributed by atoms with E-state index in [1.54, 1.807) is 12.1 Å². The van der Waals surface area contributed by atoms with E-state index in [2.05, 4.69) is 36.4 Å². The fraction of sp³-hybridized carbons (Fsp3) is 0.294. The molecule has 0 aliphatic rings. The maximum absolute atomic E-state index is 9.76. The van der Waals surface area contributed by atoms with Gasteiger partial charge in [0, 0.05) is 31.3 Å². The summed E-state index contributed by atoms with van der Waals surface area (Å²) in [5, 5.41) is 22.4. The van der Waals surface area contributed by atoms with E-state index in [4.69, 9.17) is 0 Å². The quantitative estimate of drug-likeness (QED) is 0.763. The van der Waals surface area contributed by atoms with Crippen LogP contribution in [-0.4, -0.2) is 29.2 Å². The number of rotatable bonds is 6. The highest BCUT2D eigenvalue weighted by atomic mass is 16.3. The third-order valence-electron chi connectivity index (χ3n) is 3.30.